The van der Waals surface area contributed by atoms with Crippen LogP contribution < -0.4 is 10.4 Å². The predicted molar refractivity (Wildman–Crippen MR) is 43.3 cm³/mol. The maximum Gasteiger partial charge on any atom is 0.180 e. The lowest BCUT2D eigenvalue weighted by Gasteiger charge is -2.10. The first-order valence-corrected chi connectivity index (χ1v) is 3.28. The molecular weight excluding hydrogens is 145 g/mol. The molecular formula is C7H10FN3. The zero-order valence-corrected chi connectivity index (χ0v) is 6.50. The fraction of sp³-hybridized carbons (Fsp3) is 0.286. The maximum atomic E-state index is 12.6. The lowest BCUT2D eigenvalue weighted by molar-refractivity contribution is 0.471. The fourth-order valence-electron chi connectivity index (χ4n) is 0.838. The maximum absolute atomic E-state index is 12.6. The second-order valence-electron chi connectivity index (χ2n) is 2.10. The molecule has 0 radical (unpaired) electrons. The topological polar surface area (TPSA) is 28.2 Å². The number of rotatable bonds is 2. The van der Waals surface area contributed by atoms with Gasteiger partial charge in [0.25, 0.3) is 0 Å². The molecule has 11 heavy (non-hydrogen) atoms. The second-order valence-corrected chi connectivity index (χ2v) is 2.10. The largest absolute Gasteiger partial charge is 0.385 e. The van der Waals surface area contributed by atoms with E-state index in [0.29, 0.717) is 16.6 Å². The van der Waals surface area contributed by atoms with E-state index in [1.165, 1.54) is 7.05 Å². The van der Waals surface area contributed by atoms with Gasteiger partial charge in [-0.15, -0.1) is 0 Å². The van der Waals surface area contributed by atoms with Gasteiger partial charge in [0.1, 0.15) is 0 Å². The molecule has 0 amide bonds. The minimum atomic E-state index is 0.301. The molecule has 0 unspecified atom stereocenters. The van der Waals surface area contributed by atoms with Crippen LogP contribution >= 0.6 is 0 Å². The van der Waals surface area contributed by atoms with E-state index in [4.69, 9.17) is 0 Å². The summed E-state index contributed by atoms with van der Waals surface area (Å²) in [6, 6.07) is 3.51. The highest BCUT2D eigenvalue weighted by Crippen LogP contribution is 2.20. The van der Waals surface area contributed by atoms with Crippen LogP contribution in [0.2, 0.25) is 0 Å². The van der Waals surface area contributed by atoms with E-state index in [9.17, 15) is 4.48 Å². The standard InChI is InChI=1S/C7H10FN3/c1-9-6-4-3-5-10-7(6)11(2)8/h3-5,9H,1-2H3. The lowest BCUT2D eigenvalue weighted by atomic mass is 10.4. The van der Waals surface area contributed by atoms with Crippen molar-refractivity contribution in [3.05, 3.63) is 18.3 Å². The van der Waals surface area contributed by atoms with Crippen molar-refractivity contribution in [2.75, 3.05) is 24.5 Å². The summed E-state index contributed by atoms with van der Waals surface area (Å²) in [6.45, 7) is 0. The van der Waals surface area contributed by atoms with Gasteiger partial charge < -0.3 is 5.32 Å². The van der Waals surface area contributed by atoms with Crippen LogP contribution in [0.5, 0.6) is 0 Å². The van der Waals surface area contributed by atoms with Gasteiger partial charge in [0, 0.05) is 20.3 Å². The van der Waals surface area contributed by atoms with Crippen molar-refractivity contribution in [2.24, 2.45) is 0 Å². The summed E-state index contributed by atoms with van der Waals surface area (Å²) >= 11 is 0. The monoisotopic (exact) mass is 155 g/mol. The third-order valence-electron chi connectivity index (χ3n) is 1.35. The highest BCUT2D eigenvalue weighted by Gasteiger charge is 2.04. The summed E-state index contributed by atoms with van der Waals surface area (Å²) in [5.41, 5.74) is 0.678. The number of nitrogens with one attached hydrogen (secondary N) is 1. The average molecular weight is 155 g/mol. The van der Waals surface area contributed by atoms with Crippen molar-refractivity contribution in [2.45, 2.75) is 0 Å². The van der Waals surface area contributed by atoms with Crippen molar-refractivity contribution in [1.82, 2.24) is 4.98 Å². The van der Waals surface area contributed by atoms with Crippen molar-refractivity contribution in [3.63, 3.8) is 0 Å². The van der Waals surface area contributed by atoms with Crippen molar-refractivity contribution >= 4 is 11.5 Å². The van der Waals surface area contributed by atoms with Crippen LogP contribution in [0.15, 0.2) is 18.3 Å². The fourth-order valence-corrected chi connectivity index (χ4v) is 0.838. The van der Waals surface area contributed by atoms with Crippen LogP contribution in [0.25, 0.3) is 0 Å². The Morgan fingerprint density at radius 1 is 1.64 bits per heavy atom. The van der Waals surface area contributed by atoms with Crippen LogP contribution in [-0.2, 0) is 0 Å². The summed E-state index contributed by atoms with van der Waals surface area (Å²) in [4.78, 5) is 3.84. The normalized spacial score (nSPS) is 9.36. The molecule has 0 saturated carbocycles. The first-order chi connectivity index (χ1) is 5.25. The van der Waals surface area contributed by atoms with Gasteiger partial charge in [-0.05, 0) is 12.1 Å². The van der Waals surface area contributed by atoms with Crippen LogP contribution in [0.4, 0.5) is 16.0 Å². The SMILES string of the molecule is CNc1cccnc1N(C)F. The molecule has 1 N–H and O–H groups in total. The van der Waals surface area contributed by atoms with Crippen LogP contribution in [-0.4, -0.2) is 19.1 Å². The molecule has 1 rings (SSSR count). The molecule has 60 valence electrons. The zero-order valence-electron chi connectivity index (χ0n) is 6.50. The Morgan fingerprint density at radius 3 is 2.82 bits per heavy atom. The number of halogens is 1. The highest BCUT2D eigenvalue weighted by molar-refractivity contribution is 5.63. The summed E-state index contributed by atoms with van der Waals surface area (Å²) in [7, 11) is 3.03. The average Bonchev–Trinajstić information content (AvgIpc) is 2.04. The molecule has 0 aliphatic rings. The van der Waals surface area contributed by atoms with Gasteiger partial charge in [-0.1, -0.05) is 4.48 Å². The number of nitrogens with zero attached hydrogens (tertiary/aromatic N) is 2. The van der Waals surface area contributed by atoms with E-state index < -0.39 is 0 Å². The molecule has 0 spiro atoms. The van der Waals surface area contributed by atoms with Crippen molar-refractivity contribution < 1.29 is 4.48 Å². The van der Waals surface area contributed by atoms with Gasteiger partial charge >= 0.3 is 0 Å². The van der Waals surface area contributed by atoms with Crippen LogP contribution in [0, 0.1) is 0 Å². The smallest absolute Gasteiger partial charge is 0.180 e. The van der Waals surface area contributed by atoms with Crippen molar-refractivity contribution in [1.29, 1.82) is 0 Å². The quantitative estimate of drug-likeness (QED) is 0.655. The molecule has 1 aromatic rings. The van der Waals surface area contributed by atoms with Gasteiger partial charge in [-0.3, -0.25) is 0 Å². The molecule has 3 nitrogen and oxygen atoms in total. The van der Waals surface area contributed by atoms with Crippen molar-refractivity contribution in [3.8, 4) is 0 Å². The second kappa shape index (κ2) is 3.18. The summed E-state index contributed by atoms with van der Waals surface area (Å²) in [5.74, 6) is 0.301. The Morgan fingerprint density at radius 2 is 2.36 bits per heavy atom. The van der Waals surface area contributed by atoms with E-state index >= 15 is 0 Å². The molecule has 1 heterocycles. The Balaban J connectivity index is 3.02. The third kappa shape index (κ3) is 1.58. The molecule has 0 aliphatic carbocycles. The number of hydrogen-bond acceptors (Lipinski definition) is 3. The molecule has 0 aliphatic heterocycles. The number of hydrogen-bond donors (Lipinski definition) is 1. The van der Waals surface area contributed by atoms with E-state index in [1.54, 1.807) is 25.4 Å². The molecule has 1 aromatic heterocycles. The number of aromatic nitrogens is 1. The van der Waals surface area contributed by atoms with Gasteiger partial charge in [-0.2, -0.15) is 5.12 Å². The Labute approximate surface area is 64.8 Å². The van der Waals surface area contributed by atoms with Crippen LogP contribution in [0.3, 0.4) is 0 Å². The Kier molecular flexibility index (Phi) is 2.25. The third-order valence-corrected chi connectivity index (χ3v) is 1.35. The van der Waals surface area contributed by atoms with E-state index in [-0.39, 0.29) is 0 Å². The molecule has 0 atom stereocenters. The Hall–Kier alpha value is -1.32. The van der Waals surface area contributed by atoms with Gasteiger partial charge in [0.2, 0.25) is 0 Å². The first kappa shape index (κ1) is 7.78. The Bertz CT molecular complexity index is 237. The van der Waals surface area contributed by atoms with E-state index in [1.807, 2.05) is 0 Å². The molecule has 0 saturated heterocycles. The van der Waals surface area contributed by atoms with Gasteiger partial charge in [0.05, 0.1) is 5.69 Å². The first-order valence-electron chi connectivity index (χ1n) is 3.28. The van der Waals surface area contributed by atoms with Gasteiger partial charge in [-0.25, -0.2) is 4.98 Å². The number of pyridine rings is 1. The van der Waals surface area contributed by atoms with E-state index in [0.717, 1.165) is 0 Å². The minimum Gasteiger partial charge on any atom is -0.385 e. The summed E-state index contributed by atoms with van der Waals surface area (Å²) in [5, 5.41) is 3.31. The summed E-state index contributed by atoms with van der Waals surface area (Å²) < 4.78 is 12.6. The summed E-state index contributed by atoms with van der Waals surface area (Å²) in [6.07, 6.45) is 1.55. The number of anilines is 2. The molecule has 0 bridgehead atoms. The zero-order chi connectivity index (χ0) is 8.27. The van der Waals surface area contributed by atoms with E-state index in [2.05, 4.69) is 10.3 Å². The molecule has 0 aromatic carbocycles. The van der Waals surface area contributed by atoms with Crippen LogP contribution in [0.1, 0.15) is 0 Å². The highest BCUT2D eigenvalue weighted by atomic mass is 19.2. The lowest BCUT2D eigenvalue weighted by Crippen LogP contribution is -2.07. The predicted octanol–water partition coefficient (Wildman–Crippen LogP) is 1.44. The molecule has 0 fully saturated rings. The van der Waals surface area contributed by atoms with Gasteiger partial charge in [0.15, 0.2) is 5.82 Å². The minimum absolute atomic E-state index is 0.301. The molecule has 4 heteroatoms.